The predicted molar refractivity (Wildman–Crippen MR) is 111 cm³/mol. The van der Waals surface area contributed by atoms with Crippen molar-refractivity contribution < 1.29 is 4.79 Å². The third-order valence-corrected chi connectivity index (χ3v) is 6.11. The summed E-state index contributed by atoms with van der Waals surface area (Å²) >= 11 is 0. The first-order valence-corrected chi connectivity index (χ1v) is 10.2. The first kappa shape index (κ1) is 18.9. The van der Waals surface area contributed by atoms with Crippen molar-refractivity contribution in [3.63, 3.8) is 0 Å². The number of anilines is 1. The van der Waals surface area contributed by atoms with Crippen LogP contribution in [-0.4, -0.2) is 46.5 Å². The summed E-state index contributed by atoms with van der Waals surface area (Å²) in [5, 5.41) is 0. The number of aryl methyl sites for hydroxylation is 2. The van der Waals surface area contributed by atoms with Gasteiger partial charge in [0.25, 0.3) is 5.91 Å². The number of amides is 1. The van der Waals surface area contributed by atoms with Crippen LogP contribution in [0.4, 0.5) is 5.82 Å². The average molecular weight is 380 g/mol. The molecule has 0 bridgehead atoms. The van der Waals surface area contributed by atoms with Gasteiger partial charge in [0.2, 0.25) is 5.82 Å². The van der Waals surface area contributed by atoms with Gasteiger partial charge >= 0.3 is 0 Å². The van der Waals surface area contributed by atoms with Crippen LogP contribution in [0.5, 0.6) is 0 Å². The van der Waals surface area contributed by atoms with Crippen LogP contribution in [0.2, 0.25) is 0 Å². The molecule has 3 heterocycles. The Hall–Kier alpha value is -2.47. The summed E-state index contributed by atoms with van der Waals surface area (Å²) in [6.45, 7) is 9.15. The number of carbonyl (C=O) groups excluding carboxylic acids is 1. The van der Waals surface area contributed by atoms with Crippen LogP contribution in [0.3, 0.4) is 0 Å². The third kappa shape index (κ3) is 3.37. The highest BCUT2D eigenvalue weighted by Gasteiger charge is 2.28. The van der Waals surface area contributed by atoms with E-state index in [1.165, 1.54) is 16.7 Å². The zero-order chi connectivity index (χ0) is 19.8. The molecule has 1 aromatic heterocycles. The van der Waals surface area contributed by atoms with Crippen molar-refractivity contribution in [3.8, 4) is 0 Å². The molecule has 28 heavy (non-hydrogen) atoms. The van der Waals surface area contributed by atoms with Crippen LogP contribution < -0.4 is 10.6 Å². The summed E-state index contributed by atoms with van der Waals surface area (Å²) in [6, 6.07) is 6.58. The van der Waals surface area contributed by atoms with Gasteiger partial charge in [0, 0.05) is 43.5 Å². The second-order valence-electron chi connectivity index (χ2n) is 7.96. The second-order valence-corrected chi connectivity index (χ2v) is 7.96. The van der Waals surface area contributed by atoms with Crippen molar-refractivity contribution >= 4 is 11.7 Å². The number of hydrogen-bond acceptors (Lipinski definition) is 5. The van der Waals surface area contributed by atoms with E-state index in [2.05, 4.69) is 40.0 Å². The Balaban J connectivity index is 1.61. The number of nitrogens with zero attached hydrogens (tertiary/aromatic N) is 4. The summed E-state index contributed by atoms with van der Waals surface area (Å²) in [7, 11) is 0. The van der Waals surface area contributed by atoms with Crippen molar-refractivity contribution in [2.75, 3.05) is 24.5 Å². The quantitative estimate of drug-likeness (QED) is 0.886. The van der Waals surface area contributed by atoms with Crippen molar-refractivity contribution in [1.82, 2.24) is 14.9 Å². The maximum Gasteiger partial charge on any atom is 0.292 e. The minimum absolute atomic E-state index is 0.0830. The SMILES string of the molecule is CCc1cccc2c1CCN(C(=O)c1nc(C)c(C)c(N3CC[C@@H](N)C3)n1)C2. The van der Waals surface area contributed by atoms with Gasteiger partial charge < -0.3 is 15.5 Å². The Morgan fingerprint density at radius 1 is 1.25 bits per heavy atom. The maximum atomic E-state index is 13.2. The highest BCUT2D eigenvalue weighted by atomic mass is 16.2. The molecule has 0 saturated carbocycles. The van der Waals surface area contributed by atoms with Crippen LogP contribution in [0.1, 0.15) is 51.9 Å². The average Bonchev–Trinajstić information content (AvgIpc) is 3.14. The van der Waals surface area contributed by atoms with Gasteiger partial charge in [-0.25, -0.2) is 9.97 Å². The number of aromatic nitrogens is 2. The molecule has 0 unspecified atom stereocenters. The molecule has 0 aliphatic carbocycles. The number of carbonyl (C=O) groups is 1. The van der Waals surface area contributed by atoms with E-state index in [4.69, 9.17) is 5.73 Å². The van der Waals surface area contributed by atoms with E-state index in [1.807, 2.05) is 18.7 Å². The predicted octanol–water partition coefficient (Wildman–Crippen LogP) is 2.39. The lowest BCUT2D eigenvalue weighted by Gasteiger charge is -2.30. The standard InChI is InChI=1S/C22H29N5O/c1-4-16-6-5-7-17-12-27(11-9-19(16)17)22(28)20-24-15(3)14(2)21(25-20)26-10-8-18(23)13-26/h5-7,18H,4,8-13,23H2,1-3H3/t18-/m1/s1. The largest absolute Gasteiger partial charge is 0.355 e. The zero-order valence-corrected chi connectivity index (χ0v) is 17.0. The topological polar surface area (TPSA) is 75.4 Å². The highest BCUT2D eigenvalue weighted by molar-refractivity contribution is 5.91. The van der Waals surface area contributed by atoms with Crippen LogP contribution in [0, 0.1) is 13.8 Å². The summed E-state index contributed by atoms with van der Waals surface area (Å²) < 4.78 is 0. The number of hydrogen-bond donors (Lipinski definition) is 1. The zero-order valence-electron chi connectivity index (χ0n) is 17.0. The van der Waals surface area contributed by atoms with Crippen molar-refractivity contribution in [3.05, 3.63) is 52.0 Å². The van der Waals surface area contributed by atoms with Gasteiger partial charge in [-0.05, 0) is 49.8 Å². The van der Waals surface area contributed by atoms with Crippen LogP contribution in [-0.2, 0) is 19.4 Å². The maximum absolute atomic E-state index is 13.2. The molecule has 0 radical (unpaired) electrons. The first-order valence-electron chi connectivity index (χ1n) is 10.2. The highest BCUT2D eigenvalue weighted by Crippen LogP contribution is 2.26. The molecule has 2 N–H and O–H groups in total. The van der Waals surface area contributed by atoms with Gasteiger partial charge in [-0.2, -0.15) is 0 Å². The molecule has 2 aliphatic heterocycles. The molecular formula is C22H29N5O. The summed E-state index contributed by atoms with van der Waals surface area (Å²) in [6.07, 6.45) is 2.87. The fourth-order valence-electron chi connectivity index (χ4n) is 4.33. The fraction of sp³-hybridized carbons (Fsp3) is 0.500. The number of nitrogens with two attached hydrogens (primary N) is 1. The van der Waals surface area contributed by atoms with E-state index in [1.54, 1.807) is 0 Å². The molecule has 2 aromatic rings. The second kappa shape index (κ2) is 7.51. The van der Waals surface area contributed by atoms with E-state index in [-0.39, 0.29) is 11.9 Å². The molecule has 1 amide bonds. The lowest BCUT2D eigenvalue weighted by Crippen LogP contribution is -2.38. The van der Waals surface area contributed by atoms with Crippen molar-refractivity contribution in [2.45, 2.75) is 52.6 Å². The molecule has 1 aromatic carbocycles. The van der Waals surface area contributed by atoms with Crippen LogP contribution in [0.15, 0.2) is 18.2 Å². The summed E-state index contributed by atoms with van der Waals surface area (Å²) in [5.74, 6) is 1.07. The third-order valence-electron chi connectivity index (χ3n) is 6.11. The Bertz CT molecular complexity index is 910. The molecule has 1 fully saturated rings. The van der Waals surface area contributed by atoms with Gasteiger partial charge in [0.15, 0.2) is 0 Å². The number of rotatable bonds is 3. The van der Waals surface area contributed by atoms with Gasteiger partial charge in [-0.15, -0.1) is 0 Å². The molecule has 0 spiro atoms. The van der Waals surface area contributed by atoms with Crippen LogP contribution in [0.25, 0.3) is 0 Å². The molecule has 6 heteroatoms. The molecule has 4 rings (SSSR count). The van der Waals surface area contributed by atoms with E-state index in [0.717, 1.165) is 49.4 Å². The lowest BCUT2D eigenvalue weighted by molar-refractivity contribution is 0.0721. The molecule has 6 nitrogen and oxygen atoms in total. The molecule has 1 saturated heterocycles. The number of benzene rings is 1. The van der Waals surface area contributed by atoms with E-state index in [0.29, 0.717) is 18.9 Å². The van der Waals surface area contributed by atoms with E-state index >= 15 is 0 Å². The van der Waals surface area contributed by atoms with Crippen molar-refractivity contribution in [2.24, 2.45) is 5.73 Å². The molecule has 2 aliphatic rings. The Morgan fingerprint density at radius 3 is 2.79 bits per heavy atom. The normalized spacial score (nSPS) is 19.1. The lowest BCUT2D eigenvalue weighted by atomic mass is 9.93. The molecule has 1 atom stereocenters. The minimum Gasteiger partial charge on any atom is -0.355 e. The number of fused-ring (bicyclic) bond motifs is 1. The fourth-order valence-corrected chi connectivity index (χ4v) is 4.33. The Labute approximate surface area is 166 Å². The van der Waals surface area contributed by atoms with Gasteiger partial charge in [0.05, 0.1) is 0 Å². The smallest absolute Gasteiger partial charge is 0.292 e. The van der Waals surface area contributed by atoms with Crippen LogP contribution >= 0.6 is 0 Å². The molecule has 148 valence electrons. The Morgan fingerprint density at radius 2 is 2.07 bits per heavy atom. The first-order chi connectivity index (χ1) is 13.5. The summed E-state index contributed by atoms with van der Waals surface area (Å²) in [5.41, 5.74) is 12.0. The monoisotopic (exact) mass is 379 g/mol. The van der Waals surface area contributed by atoms with Crippen molar-refractivity contribution in [1.29, 1.82) is 0 Å². The van der Waals surface area contributed by atoms with E-state index in [9.17, 15) is 4.79 Å². The van der Waals surface area contributed by atoms with Gasteiger partial charge in [0.1, 0.15) is 5.82 Å². The van der Waals surface area contributed by atoms with Gasteiger partial charge in [-0.1, -0.05) is 25.1 Å². The molecular weight excluding hydrogens is 350 g/mol. The van der Waals surface area contributed by atoms with Gasteiger partial charge in [-0.3, -0.25) is 4.79 Å². The Kier molecular flexibility index (Phi) is 5.06. The van der Waals surface area contributed by atoms with E-state index < -0.39 is 0 Å². The minimum atomic E-state index is -0.0830. The summed E-state index contributed by atoms with van der Waals surface area (Å²) in [4.78, 5) is 26.5.